The van der Waals surface area contributed by atoms with Crippen LogP contribution in [0.1, 0.15) is 12.5 Å². The summed E-state index contributed by atoms with van der Waals surface area (Å²) in [7, 11) is 6.88. The third-order valence-electron chi connectivity index (χ3n) is 2.82. The molecule has 1 N–H and O–H groups in total. The Balaban J connectivity index is 3.15. The molecule has 0 heterocycles. The normalized spacial score (nSPS) is 12.1. The van der Waals surface area contributed by atoms with Gasteiger partial charge in [-0.1, -0.05) is 0 Å². The van der Waals surface area contributed by atoms with Gasteiger partial charge >= 0.3 is 0 Å². The van der Waals surface area contributed by atoms with E-state index in [1.807, 2.05) is 19.2 Å². The summed E-state index contributed by atoms with van der Waals surface area (Å²) < 4.78 is 16.0. The minimum Gasteiger partial charge on any atom is -0.496 e. The van der Waals surface area contributed by atoms with E-state index in [0.29, 0.717) is 6.04 Å². The van der Waals surface area contributed by atoms with Crippen molar-refractivity contribution in [3.8, 4) is 17.2 Å². The maximum Gasteiger partial charge on any atom is 0.129 e. The molecule has 0 aliphatic carbocycles. The Hall–Kier alpha value is -1.42. The zero-order valence-electron chi connectivity index (χ0n) is 11.2. The molecule has 0 aliphatic rings. The van der Waals surface area contributed by atoms with Gasteiger partial charge in [-0.25, -0.2) is 0 Å². The van der Waals surface area contributed by atoms with E-state index in [4.69, 9.17) is 14.2 Å². The van der Waals surface area contributed by atoms with Gasteiger partial charge in [0.1, 0.15) is 17.2 Å². The Morgan fingerprint density at radius 2 is 1.59 bits per heavy atom. The molecule has 0 amide bonds. The van der Waals surface area contributed by atoms with E-state index in [2.05, 4.69) is 12.2 Å². The van der Waals surface area contributed by atoms with Crippen LogP contribution in [0.2, 0.25) is 0 Å². The summed E-state index contributed by atoms with van der Waals surface area (Å²) in [6, 6.07) is 4.10. The maximum absolute atomic E-state index is 5.39. The third-order valence-corrected chi connectivity index (χ3v) is 2.82. The predicted octanol–water partition coefficient (Wildman–Crippen LogP) is 1.86. The average molecular weight is 239 g/mol. The number of hydrogen-bond acceptors (Lipinski definition) is 4. The smallest absolute Gasteiger partial charge is 0.129 e. The van der Waals surface area contributed by atoms with E-state index in [-0.39, 0.29) is 0 Å². The highest BCUT2D eigenvalue weighted by Gasteiger charge is 2.15. The van der Waals surface area contributed by atoms with Gasteiger partial charge in [-0.15, -0.1) is 0 Å². The zero-order chi connectivity index (χ0) is 12.8. The van der Waals surface area contributed by atoms with E-state index in [0.717, 1.165) is 29.2 Å². The minimum atomic E-state index is 0.353. The average Bonchev–Trinajstić information content (AvgIpc) is 2.38. The maximum atomic E-state index is 5.39. The fraction of sp³-hybridized carbons (Fsp3) is 0.538. The highest BCUT2D eigenvalue weighted by atomic mass is 16.5. The molecule has 1 aromatic carbocycles. The van der Waals surface area contributed by atoms with Crippen LogP contribution in [0.3, 0.4) is 0 Å². The number of benzene rings is 1. The molecule has 0 unspecified atom stereocenters. The molecule has 0 saturated carbocycles. The first-order valence-corrected chi connectivity index (χ1v) is 5.62. The molecule has 96 valence electrons. The van der Waals surface area contributed by atoms with Crippen molar-refractivity contribution in [3.63, 3.8) is 0 Å². The number of hydrogen-bond donors (Lipinski definition) is 1. The molecule has 0 aromatic heterocycles. The van der Waals surface area contributed by atoms with Crippen molar-refractivity contribution >= 4 is 0 Å². The summed E-state index contributed by atoms with van der Waals surface area (Å²) in [5, 5.41) is 3.20. The van der Waals surface area contributed by atoms with Crippen molar-refractivity contribution in [1.29, 1.82) is 0 Å². The van der Waals surface area contributed by atoms with Gasteiger partial charge in [-0.3, -0.25) is 0 Å². The number of rotatable bonds is 6. The molecule has 0 bridgehead atoms. The van der Waals surface area contributed by atoms with Crippen molar-refractivity contribution in [2.45, 2.75) is 19.4 Å². The van der Waals surface area contributed by atoms with Gasteiger partial charge in [0, 0.05) is 23.7 Å². The van der Waals surface area contributed by atoms with E-state index < -0.39 is 0 Å². The minimum absolute atomic E-state index is 0.353. The molecule has 0 spiro atoms. The van der Waals surface area contributed by atoms with Crippen molar-refractivity contribution in [2.24, 2.45) is 0 Å². The summed E-state index contributed by atoms with van der Waals surface area (Å²) in [6.07, 6.45) is 0.840. The lowest BCUT2D eigenvalue weighted by Gasteiger charge is -2.17. The number of ether oxygens (including phenoxy) is 3. The van der Waals surface area contributed by atoms with Crippen molar-refractivity contribution in [2.75, 3.05) is 28.4 Å². The largest absolute Gasteiger partial charge is 0.496 e. The topological polar surface area (TPSA) is 39.7 Å². The zero-order valence-corrected chi connectivity index (χ0v) is 11.2. The first kappa shape index (κ1) is 13.6. The van der Waals surface area contributed by atoms with Crippen LogP contribution in [0.5, 0.6) is 17.2 Å². The fourth-order valence-electron chi connectivity index (χ4n) is 1.69. The highest BCUT2D eigenvalue weighted by Crippen LogP contribution is 2.34. The van der Waals surface area contributed by atoms with Gasteiger partial charge in [0.2, 0.25) is 0 Å². The monoisotopic (exact) mass is 239 g/mol. The second-order valence-electron chi connectivity index (χ2n) is 3.90. The summed E-state index contributed by atoms with van der Waals surface area (Å²) in [4.78, 5) is 0. The highest BCUT2D eigenvalue weighted by molar-refractivity contribution is 5.51. The summed E-state index contributed by atoms with van der Waals surface area (Å²) in [5.41, 5.74) is 1.05. The van der Waals surface area contributed by atoms with Crippen LogP contribution in [0, 0.1) is 0 Å². The second-order valence-corrected chi connectivity index (χ2v) is 3.90. The van der Waals surface area contributed by atoms with E-state index in [1.165, 1.54) is 0 Å². The van der Waals surface area contributed by atoms with Gasteiger partial charge in [-0.05, 0) is 20.4 Å². The lowest BCUT2D eigenvalue weighted by atomic mass is 10.0. The van der Waals surface area contributed by atoms with Crippen LogP contribution < -0.4 is 19.5 Å². The molecule has 4 nitrogen and oxygen atoms in total. The molecular weight excluding hydrogens is 218 g/mol. The molecule has 1 rings (SSSR count). The standard InChI is InChI=1S/C13H21NO3/c1-9(14-2)6-11-12(16-4)7-10(15-3)8-13(11)17-5/h7-9,14H,6H2,1-5H3/t9-/m1/s1. The molecule has 17 heavy (non-hydrogen) atoms. The number of likely N-dealkylation sites (N-methyl/N-ethyl adjacent to an activating group) is 1. The Morgan fingerprint density at radius 3 is 1.94 bits per heavy atom. The van der Waals surface area contributed by atoms with E-state index in [9.17, 15) is 0 Å². The molecular formula is C13H21NO3. The van der Waals surface area contributed by atoms with Crippen molar-refractivity contribution in [3.05, 3.63) is 17.7 Å². The summed E-state index contributed by atoms with van der Waals surface area (Å²) in [6.45, 7) is 2.11. The first-order valence-electron chi connectivity index (χ1n) is 5.62. The predicted molar refractivity (Wildman–Crippen MR) is 68.3 cm³/mol. The van der Waals surface area contributed by atoms with Gasteiger partial charge < -0.3 is 19.5 Å². The van der Waals surface area contributed by atoms with Crippen LogP contribution in [0.4, 0.5) is 0 Å². The SMILES string of the molecule is CN[C@H](C)Cc1c(OC)cc(OC)cc1OC. The Kier molecular flexibility index (Phi) is 5.10. The van der Waals surface area contributed by atoms with Crippen LogP contribution in [-0.4, -0.2) is 34.4 Å². The number of methoxy groups -OCH3 is 3. The van der Waals surface area contributed by atoms with Crippen LogP contribution in [0.15, 0.2) is 12.1 Å². The Morgan fingerprint density at radius 1 is 1.06 bits per heavy atom. The molecule has 1 atom stereocenters. The van der Waals surface area contributed by atoms with Crippen LogP contribution >= 0.6 is 0 Å². The van der Waals surface area contributed by atoms with E-state index in [1.54, 1.807) is 21.3 Å². The van der Waals surface area contributed by atoms with Gasteiger partial charge in [0.05, 0.1) is 21.3 Å². The second kappa shape index (κ2) is 6.35. The third kappa shape index (κ3) is 3.27. The van der Waals surface area contributed by atoms with Crippen molar-refractivity contribution < 1.29 is 14.2 Å². The fourth-order valence-corrected chi connectivity index (χ4v) is 1.69. The first-order chi connectivity index (χ1) is 8.15. The molecule has 0 radical (unpaired) electrons. The van der Waals surface area contributed by atoms with Gasteiger partial charge in [-0.2, -0.15) is 0 Å². The molecule has 1 aromatic rings. The van der Waals surface area contributed by atoms with Crippen LogP contribution in [-0.2, 0) is 6.42 Å². The molecule has 0 aliphatic heterocycles. The molecule has 0 fully saturated rings. The quantitative estimate of drug-likeness (QED) is 0.822. The molecule has 0 saturated heterocycles. The summed E-state index contributed by atoms with van der Waals surface area (Å²) >= 11 is 0. The van der Waals surface area contributed by atoms with Crippen LogP contribution in [0.25, 0.3) is 0 Å². The lowest BCUT2D eigenvalue weighted by molar-refractivity contribution is 0.366. The van der Waals surface area contributed by atoms with E-state index >= 15 is 0 Å². The lowest BCUT2D eigenvalue weighted by Crippen LogP contribution is -2.24. The van der Waals surface area contributed by atoms with Gasteiger partial charge in [0.15, 0.2) is 0 Å². The molecule has 4 heteroatoms. The van der Waals surface area contributed by atoms with Gasteiger partial charge in [0.25, 0.3) is 0 Å². The number of nitrogens with one attached hydrogen (secondary N) is 1. The Bertz CT molecular complexity index is 341. The van der Waals surface area contributed by atoms with Crippen molar-refractivity contribution in [1.82, 2.24) is 5.32 Å². The Labute approximate surface area is 103 Å². The summed E-state index contributed by atoms with van der Waals surface area (Å²) in [5.74, 6) is 2.33.